The summed E-state index contributed by atoms with van der Waals surface area (Å²) < 4.78 is 12.0. The van der Waals surface area contributed by atoms with E-state index in [0.717, 1.165) is 19.4 Å². The average Bonchev–Trinajstić information content (AvgIpc) is 2.98. The van der Waals surface area contributed by atoms with Crippen molar-refractivity contribution in [2.45, 2.75) is 18.6 Å². The van der Waals surface area contributed by atoms with E-state index in [0.29, 0.717) is 29.0 Å². The van der Waals surface area contributed by atoms with Crippen LogP contribution in [0.1, 0.15) is 22.5 Å². The molecule has 0 saturated carbocycles. The van der Waals surface area contributed by atoms with E-state index in [2.05, 4.69) is 0 Å². The van der Waals surface area contributed by atoms with Crippen LogP contribution in [0.2, 0.25) is 4.34 Å². The number of hydrogen-bond acceptors (Lipinski definition) is 4. The zero-order chi connectivity index (χ0) is 12.6. The molecule has 1 amide bonds. The van der Waals surface area contributed by atoms with Crippen LogP contribution in [0.4, 0.5) is 0 Å². The molecule has 0 N–H and O–H groups in total. The Hall–Kier alpha value is -0.620. The fourth-order valence-corrected chi connectivity index (χ4v) is 3.49. The van der Waals surface area contributed by atoms with Gasteiger partial charge in [-0.15, -0.1) is 11.3 Å². The Bertz CT molecular complexity index is 456. The summed E-state index contributed by atoms with van der Waals surface area (Å²) in [6.45, 7) is 2.50. The Morgan fingerprint density at radius 2 is 2.17 bits per heavy atom. The van der Waals surface area contributed by atoms with Crippen molar-refractivity contribution in [1.29, 1.82) is 0 Å². The van der Waals surface area contributed by atoms with Crippen molar-refractivity contribution >= 4 is 28.8 Å². The van der Waals surface area contributed by atoms with E-state index in [1.807, 2.05) is 0 Å². The molecule has 18 heavy (non-hydrogen) atoms. The first-order valence-corrected chi connectivity index (χ1v) is 7.21. The van der Waals surface area contributed by atoms with Crippen LogP contribution in [0.5, 0.6) is 0 Å². The predicted octanol–water partition coefficient (Wildman–Crippen LogP) is 2.38. The van der Waals surface area contributed by atoms with Gasteiger partial charge >= 0.3 is 0 Å². The van der Waals surface area contributed by atoms with Crippen LogP contribution in [0.25, 0.3) is 0 Å². The zero-order valence-electron chi connectivity index (χ0n) is 9.86. The van der Waals surface area contributed by atoms with Crippen LogP contribution in [-0.2, 0) is 9.47 Å². The zero-order valence-corrected chi connectivity index (χ0v) is 11.4. The summed E-state index contributed by atoms with van der Waals surface area (Å²) in [5, 5.41) is 0. The Kier molecular flexibility index (Phi) is 3.32. The van der Waals surface area contributed by atoms with Gasteiger partial charge in [-0.3, -0.25) is 4.79 Å². The highest BCUT2D eigenvalue weighted by molar-refractivity contribution is 7.17. The van der Waals surface area contributed by atoms with E-state index < -0.39 is 5.79 Å². The molecular weight excluding hydrogens is 274 g/mol. The average molecular weight is 288 g/mol. The molecule has 0 aromatic carbocycles. The summed E-state index contributed by atoms with van der Waals surface area (Å²) in [5.41, 5.74) is 0. The Morgan fingerprint density at radius 1 is 1.39 bits per heavy atom. The molecule has 0 bridgehead atoms. The number of hydrogen-bond donors (Lipinski definition) is 0. The first-order chi connectivity index (χ1) is 8.69. The van der Waals surface area contributed by atoms with E-state index in [4.69, 9.17) is 21.1 Å². The van der Waals surface area contributed by atoms with E-state index in [1.165, 1.54) is 11.3 Å². The van der Waals surface area contributed by atoms with Crippen molar-refractivity contribution in [2.75, 3.05) is 26.3 Å². The summed E-state index contributed by atoms with van der Waals surface area (Å²) in [5.74, 6) is -0.542. The molecule has 1 aromatic rings. The number of piperidine rings is 1. The second kappa shape index (κ2) is 4.81. The number of ether oxygens (including phenoxy) is 2. The third-order valence-electron chi connectivity index (χ3n) is 3.30. The monoisotopic (exact) mass is 287 g/mol. The molecule has 6 heteroatoms. The van der Waals surface area contributed by atoms with Crippen molar-refractivity contribution in [3.63, 3.8) is 0 Å². The molecular formula is C12H14ClNO3S. The minimum atomic E-state index is -0.561. The highest BCUT2D eigenvalue weighted by Gasteiger charge is 2.42. The largest absolute Gasteiger partial charge is 0.346 e. The van der Waals surface area contributed by atoms with Gasteiger partial charge in [0.15, 0.2) is 5.79 Å². The molecule has 4 nitrogen and oxygen atoms in total. The molecule has 3 rings (SSSR count). The SMILES string of the molecule is O=C(c1ccc(Cl)s1)N1CCCC2(C1)OCCO2. The van der Waals surface area contributed by atoms with Crippen molar-refractivity contribution in [3.05, 3.63) is 21.3 Å². The molecule has 0 aliphatic carbocycles. The summed E-state index contributed by atoms with van der Waals surface area (Å²) in [6, 6.07) is 3.52. The van der Waals surface area contributed by atoms with Gasteiger partial charge in [0.25, 0.3) is 5.91 Å². The van der Waals surface area contributed by atoms with Gasteiger partial charge in [-0.2, -0.15) is 0 Å². The summed E-state index contributed by atoms with van der Waals surface area (Å²) in [4.78, 5) is 14.8. The topological polar surface area (TPSA) is 38.8 Å². The minimum Gasteiger partial charge on any atom is -0.346 e. The normalized spacial score (nSPS) is 22.6. The van der Waals surface area contributed by atoms with Gasteiger partial charge in [0.05, 0.1) is 29.0 Å². The van der Waals surface area contributed by atoms with Crippen LogP contribution in [0.15, 0.2) is 12.1 Å². The van der Waals surface area contributed by atoms with Crippen LogP contribution in [0, 0.1) is 0 Å². The molecule has 2 aliphatic rings. The van der Waals surface area contributed by atoms with Gasteiger partial charge < -0.3 is 14.4 Å². The lowest BCUT2D eigenvalue weighted by atomic mass is 10.0. The number of rotatable bonds is 1. The predicted molar refractivity (Wildman–Crippen MR) is 69.1 cm³/mol. The van der Waals surface area contributed by atoms with Crippen molar-refractivity contribution in [1.82, 2.24) is 4.90 Å². The summed E-state index contributed by atoms with van der Waals surface area (Å²) in [6.07, 6.45) is 1.77. The molecule has 2 fully saturated rings. The lowest BCUT2D eigenvalue weighted by molar-refractivity contribution is -0.183. The van der Waals surface area contributed by atoms with Crippen LogP contribution in [-0.4, -0.2) is 42.9 Å². The second-order valence-corrected chi connectivity index (χ2v) is 6.26. The highest BCUT2D eigenvalue weighted by Crippen LogP contribution is 2.31. The standard InChI is InChI=1S/C12H14ClNO3S/c13-10-3-2-9(18-10)11(15)14-5-1-4-12(8-14)16-6-7-17-12/h2-3H,1,4-8H2. The quantitative estimate of drug-likeness (QED) is 0.796. The fourth-order valence-electron chi connectivity index (χ4n) is 2.48. The highest BCUT2D eigenvalue weighted by atomic mass is 35.5. The molecule has 0 unspecified atom stereocenters. The van der Waals surface area contributed by atoms with E-state index in [1.54, 1.807) is 17.0 Å². The maximum atomic E-state index is 12.3. The minimum absolute atomic E-state index is 0.0186. The van der Waals surface area contributed by atoms with Gasteiger partial charge in [0, 0.05) is 13.0 Å². The molecule has 2 saturated heterocycles. The molecule has 98 valence electrons. The number of halogens is 1. The van der Waals surface area contributed by atoms with E-state index >= 15 is 0 Å². The van der Waals surface area contributed by atoms with Crippen LogP contribution in [0.3, 0.4) is 0 Å². The van der Waals surface area contributed by atoms with Crippen molar-refractivity contribution < 1.29 is 14.3 Å². The van der Waals surface area contributed by atoms with Crippen LogP contribution < -0.4 is 0 Å². The molecule has 0 atom stereocenters. The van der Waals surface area contributed by atoms with Crippen molar-refractivity contribution in [2.24, 2.45) is 0 Å². The van der Waals surface area contributed by atoms with Gasteiger partial charge in [-0.1, -0.05) is 11.6 Å². The lowest BCUT2D eigenvalue weighted by Crippen LogP contribution is -2.50. The smallest absolute Gasteiger partial charge is 0.264 e. The molecule has 0 radical (unpaired) electrons. The molecule has 1 aromatic heterocycles. The summed E-state index contributed by atoms with van der Waals surface area (Å²) in [7, 11) is 0. The van der Waals surface area contributed by atoms with Gasteiger partial charge in [0.1, 0.15) is 0 Å². The Morgan fingerprint density at radius 3 is 2.83 bits per heavy atom. The first kappa shape index (κ1) is 12.4. The third kappa shape index (κ3) is 2.28. The van der Waals surface area contributed by atoms with Crippen molar-refractivity contribution in [3.8, 4) is 0 Å². The number of likely N-dealkylation sites (tertiary alicyclic amines) is 1. The number of carbonyl (C=O) groups is 1. The number of carbonyl (C=O) groups excluding carboxylic acids is 1. The third-order valence-corrected chi connectivity index (χ3v) is 4.52. The van der Waals surface area contributed by atoms with E-state index in [9.17, 15) is 4.79 Å². The lowest BCUT2D eigenvalue weighted by Gasteiger charge is -2.38. The number of nitrogens with zero attached hydrogens (tertiary/aromatic N) is 1. The summed E-state index contributed by atoms with van der Waals surface area (Å²) >= 11 is 7.18. The second-order valence-electron chi connectivity index (χ2n) is 4.54. The molecule has 2 aliphatic heterocycles. The molecule has 1 spiro atoms. The molecule has 3 heterocycles. The number of amides is 1. The maximum Gasteiger partial charge on any atom is 0.264 e. The first-order valence-electron chi connectivity index (χ1n) is 6.01. The fraction of sp³-hybridized carbons (Fsp3) is 0.583. The maximum absolute atomic E-state index is 12.3. The van der Waals surface area contributed by atoms with Gasteiger partial charge in [-0.25, -0.2) is 0 Å². The Labute approximate surface area is 114 Å². The Balaban J connectivity index is 1.74. The van der Waals surface area contributed by atoms with Gasteiger partial charge in [0.2, 0.25) is 0 Å². The van der Waals surface area contributed by atoms with Crippen LogP contribution >= 0.6 is 22.9 Å². The van der Waals surface area contributed by atoms with E-state index in [-0.39, 0.29) is 5.91 Å². The van der Waals surface area contributed by atoms with Gasteiger partial charge in [-0.05, 0) is 18.6 Å². The number of thiophene rings is 1.